The molecular weight excluding hydrogens is 223 g/mol. The average molecular weight is 230 g/mol. The Labute approximate surface area is 96.6 Å². The van der Waals surface area contributed by atoms with E-state index in [0.29, 0.717) is 5.57 Å². The van der Waals surface area contributed by atoms with E-state index in [0.717, 1.165) is 17.0 Å². The summed E-state index contributed by atoms with van der Waals surface area (Å²) in [4.78, 5) is 24.1. The van der Waals surface area contributed by atoms with Gasteiger partial charge >= 0.3 is 0 Å². The van der Waals surface area contributed by atoms with Gasteiger partial charge in [0.25, 0.3) is 11.8 Å². The van der Waals surface area contributed by atoms with Crippen LogP contribution in [0.1, 0.15) is 12.5 Å². The Morgan fingerprint density at radius 3 is 2.59 bits per heavy atom. The second-order valence-electron chi connectivity index (χ2n) is 3.58. The lowest BCUT2D eigenvalue weighted by Crippen LogP contribution is -2.31. The fraction of sp³-hybridized carbons (Fsp3) is 0.0833. The van der Waals surface area contributed by atoms with Gasteiger partial charge in [0, 0.05) is 11.6 Å². The number of amides is 2. The van der Waals surface area contributed by atoms with Crippen LogP contribution >= 0.6 is 0 Å². The fourth-order valence-electron chi connectivity index (χ4n) is 1.61. The summed E-state index contributed by atoms with van der Waals surface area (Å²) in [5.41, 5.74) is 0.356. The molecule has 0 spiro atoms. The van der Waals surface area contributed by atoms with E-state index in [1.54, 1.807) is 6.07 Å². The van der Waals surface area contributed by atoms with Crippen LogP contribution in [0.3, 0.4) is 0 Å². The first-order valence-corrected chi connectivity index (χ1v) is 4.81. The number of benzene rings is 1. The highest BCUT2D eigenvalue weighted by atomic mass is 19.1. The monoisotopic (exact) mass is 230 g/mol. The molecule has 0 unspecified atom stereocenters. The van der Waals surface area contributed by atoms with E-state index in [2.05, 4.69) is 0 Å². The Morgan fingerprint density at radius 2 is 2.06 bits per heavy atom. The van der Waals surface area contributed by atoms with E-state index in [1.807, 2.05) is 0 Å². The van der Waals surface area contributed by atoms with Crippen LogP contribution in [0.15, 0.2) is 29.8 Å². The van der Waals surface area contributed by atoms with E-state index >= 15 is 0 Å². The molecule has 4 nitrogen and oxygen atoms in total. The molecule has 1 aliphatic heterocycles. The zero-order valence-corrected chi connectivity index (χ0v) is 8.90. The zero-order valence-electron chi connectivity index (χ0n) is 8.90. The number of anilines is 1. The van der Waals surface area contributed by atoms with Crippen molar-refractivity contribution in [3.8, 4) is 6.07 Å². The van der Waals surface area contributed by atoms with Crippen molar-refractivity contribution in [2.45, 2.75) is 6.92 Å². The van der Waals surface area contributed by atoms with E-state index in [1.165, 1.54) is 19.1 Å². The molecule has 1 aromatic rings. The Kier molecular flexibility index (Phi) is 2.48. The lowest BCUT2D eigenvalue weighted by atomic mass is 10.1. The van der Waals surface area contributed by atoms with Gasteiger partial charge in [-0.1, -0.05) is 0 Å². The summed E-state index contributed by atoms with van der Waals surface area (Å²) in [6.07, 6.45) is 1.19. The highest BCUT2D eigenvalue weighted by Crippen LogP contribution is 2.26. The van der Waals surface area contributed by atoms with Crippen LogP contribution in [0.4, 0.5) is 10.1 Å². The number of hydrogen-bond donors (Lipinski definition) is 0. The van der Waals surface area contributed by atoms with Crippen LogP contribution in [0.2, 0.25) is 0 Å². The minimum absolute atomic E-state index is 0.0465. The minimum Gasteiger partial charge on any atom is -0.269 e. The van der Waals surface area contributed by atoms with Crippen LogP contribution in [0.5, 0.6) is 0 Å². The number of nitrogens with zero attached hydrogens (tertiary/aromatic N) is 2. The largest absolute Gasteiger partial charge is 0.269 e. The normalized spacial score (nSPS) is 14.9. The number of imide groups is 1. The molecule has 2 rings (SSSR count). The van der Waals surface area contributed by atoms with E-state index in [-0.39, 0.29) is 11.3 Å². The molecule has 0 saturated heterocycles. The van der Waals surface area contributed by atoms with Crippen molar-refractivity contribution in [3.63, 3.8) is 0 Å². The molecule has 2 amide bonds. The molecule has 0 saturated carbocycles. The molecular formula is C12H7FN2O2. The molecule has 0 aromatic heterocycles. The van der Waals surface area contributed by atoms with E-state index in [9.17, 15) is 14.0 Å². The standard InChI is InChI=1S/C12H7FN2O2/c1-7-4-11(16)15(12(7)17)10-3-2-9(13)5-8(10)6-14/h2-5H,1H3. The molecule has 0 bridgehead atoms. The van der Waals surface area contributed by atoms with Crippen LogP contribution in [-0.2, 0) is 9.59 Å². The predicted molar refractivity (Wildman–Crippen MR) is 57.4 cm³/mol. The van der Waals surface area contributed by atoms with Crippen LogP contribution in [0, 0.1) is 17.1 Å². The van der Waals surface area contributed by atoms with Crippen molar-refractivity contribution in [3.05, 3.63) is 41.2 Å². The van der Waals surface area contributed by atoms with Crippen LogP contribution in [-0.4, -0.2) is 11.8 Å². The zero-order chi connectivity index (χ0) is 12.6. The first-order chi connectivity index (χ1) is 8.04. The lowest BCUT2D eigenvalue weighted by Gasteiger charge is -2.15. The predicted octanol–water partition coefficient (Wildman–Crippen LogP) is 1.52. The molecule has 0 fully saturated rings. The summed E-state index contributed by atoms with van der Waals surface area (Å²) in [6.45, 7) is 1.51. The lowest BCUT2D eigenvalue weighted by molar-refractivity contribution is -0.120. The van der Waals surface area contributed by atoms with Gasteiger partial charge in [0.15, 0.2) is 0 Å². The summed E-state index contributed by atoms with van der Waals surface area (Å²) >= 11 is 0. The van der Waals surface area contributed by atoms with Gasteiger partial charge in [-0.2, -0.15) is 5.26 Å². The van der Waals surface area contributed by atoms with Gasteiger partial charge in [0.2, 0.25) is 0 Å². The molecule has 0 aliphatic carbocycles. The number of hydrogen-bond acceptors (Lipinski definition) is 3. The molecule has 1 aliphatic rings. The van der Waals surface area contributed by atoms with Crippen molar-refractivity contribution < 1.29 is 14.0 Å². The number of nitriles is 1. The molecule has 1 heterocycles. The summed E-state index contributed by atoms with van der Waals surface area (Å²) in [6, 6.07) is 5.10. The molecule has 17 heavy (non-hydrogen) atoms. The SMILES string of the molecule is CC1=CC(=O)N(c2ccc(F)cc2C#N)C1=O. The van der Waals surface area contributed by atoms with Gasteiger partial charge in [-0.25, -0.2) is 9.29 Å². The maximum atomic E-state index is 12.9. The second-order valence-corrected chi connectivity index (χ2v) is 3.58. The molecule has 0 N–H and O–H groups in total. The van der Waals surface area contributed by atoms with Gasteiger partial charge in [-0.15, -0.1) is 0 Å². The molecule has 0 atom stereocenters. The Hall–Kier alpha value is -2.48. The Balaban J connectivity index is 2.54. The molecule has 0 radical (unpaired) electrons. The molecule has 5 heteroatoms. The quantitative estimate of drug-likeness (QED) is 0.687. The summed E-state index contributed by atoms with van der Waals surface area (Å²) in [5.74, 6) is -1.59. The summed E-state index contributed by atoms with van der Waals surface area (Å²) < 4.78 is 12.9. The van der Waals surface area contributed by atoms with Gasteiger partial charge in [0.1, 0.15) is 11.9 Å². The third-order valence-corrected chi connectivity index (χ3v) is 2.42. The van der Waals surface area contributed by atoms with E-state index < -0.39 is 17.6 Å². The first-order valence-electron chi connectivity index (χ1n) is 4.81. The molecule has 84 valence electrons. The van der Waals surface area contributed by atoms with Gasteiger partial charge in [-0.05, 0) is 25.1 Å². The number of carbonyl (C=O) groups excluding carboxylic acids is 2. The maximum absolute atomic E-state index is 12.9. The minimum atomic E-state index is -0.589. The summed E-state index contributed by atoms with van der Waals surface area (Å²) in [7, 11) is 0. The Bertz CT molecular complexity index is 599. The average Bonchev–Trinajstić information content (AvgIpc) is 2.54. The van der Waals surface area contributed by atoms with Crippen molar-refractivity contribution >= 4 is 17.5 Å². The highest BCUT2D eigenvalue weighted by Gasteiger charge is 2.31. The number of carbonyl (C=O) groups is 2. The van der Waals surface area contributed by atoms with Crippen LogP contribution < -0.4 is 4.90 Å². The van der Waals surface area contributed by atoms with Gasteiger partial charge in [-0.3, -0.25) is 9.59 Å². The van der Waals surface area contributed by atoms with Crippen LogP contribution in [0.25, 0.3) is 0 Å². The highest BCUT2D eigenvalue weighted by molar-refractivity contribution is 6.30. The fourth-order valence-corrected chi connectivity index (χ4v) is 1.61. The van der Waals surface area contributed by atoms with Crippen molar-refractivity contribution in [1.29, 1.82) is 5.26 Å². The van der Waals surface area contributed by atoms with Gasteiger partial charge < -0.3 is 0 Å². The topological polar surface area (TPSA) is 61.2 Å². The third kappa shape index (κ3) is 1.70. The van der Waals surface area contributed by atoms with Gasteiger partial charge in [0.05, 0.1) is 11.3 Å². The Morgan fingerprint density at radius 1 is 1.35 bits per heavy atom. The van der Waals surface area contributed by atoms with Crippen molar-refractivity contribution in [2.75, 3.05) is 4.90 Å². The third-order valence-electron chi connectivity index (χ3n) is 2.42. The maximum Gasteiger partial charge on any atom is 0.261 e. The first kappa shape index (κ1) is 11.0. The number of rotatable bonds is 1. The van der Waals surface area contributed by atoms with Crippen molar-refractivity contribution in [1.82, 2.24) is 0 Å². The summed E-state index contributed by atoms with van der Waals surface area (Å²) in [5, 5.41) is 8.86. The van der Waals surface area contributed by atoms with Crippen molar-refractivity contribution in [2.24, 2.45) is 0 Å². The molecule has 1 aromatic carbocycles. The number of halogens is 1. The second kappa shape index (κ2) is 3.83. The van der Waals surface area contributed by atoms with E-state index in [4.69, 9.17) is 5.26 Å². The smallest absolute Gasteiger partial charge is 0.261 e.